The van der Waals surface area contributed by atoms with Gasteiger partial charge in [-0.2, -0.15) is 0 Å². The summed E-state index contributed by atoms with van der Waals surface area (Å²) in [7, 11) is 0. The third-order valence-electron chi connectivity index (χ3n) is 4.12. The van der Waals surface area contributed by atoms with Crippen LogP contribution < -0.4 is 11.1 Å². The molecule has 0 bridgehead atoms. The zero-order chi connectivity index (χ0) is 13.0. The van der Waals surface area contributed by atoms with Gasteiger partial charge in [0.1, 0.15) is 0 Å². The fourth-order valence-electron chi connectivity index (χ4n) is 2.46. The zero-order valence-corrected chi connectivity index (χ0v) is 11.0. The molecule has 0 heterocycles. The Hall–Kier alpha value is -1.35. The first-order chi connectivity index (χ1) is 8.65. The quantitative estimate of drug-likeness (QED) is 0.832. The van der Waals surface area contributed by atoms with Crippen molar-refractivity contribution in [2.45, 2.75) is 32.6 Å². The highest BCUT2D eigenvalue weighted by Gasteiger charge is 2.35. The summed E-state index contributed by atoms with van der Waals surface area (Å²) in [6, 6.07) is 8.02. The molecule has 18 heavy (non-hydrogen) atoms. The van der Waals surface area contributed by atoms with Crippen LogP contribution in [0.5, 0.6) is 0 Å². The van der Waals surface area contributed by atoms with E-state index in [0.29, 0.717) is 13.0 Å². The summed E-state index contributed by atoms with van der Waals surface area (Å²) in [5.41, 5.74) is 8.24. The lowest BCUT2D eigenvalue weighted by atomic mass is 9.69. The minimum atomic E-state index is 0.101. The van der Waals surface area contributed by atoms with Gasteiger partial charge in [-0.25, -0.2) is 0 Å². The van der Waals surface area contributed by atoms with Crippen LogP contribution >= 0.6 is 0 Å². The molecule has 0 saturated heterocycles. The molecule has 0 aliphatic heterocycles. The Balaban J connectivity index is 1.84. The Morgan fingerprint density at radius 3 is 2.67 bits per heavy atom. The van der Waals surface area contributed by atoms with Crippen LogP contribution in [0.4, 0.5) is 0 Å². The Morgan fingerprint density at radius 2 is 2.11 bits per heavy atom. The van der Waals surface area contributed by atoms with Gasteiger partial charge in [0, 0.05) is 6.54 Å². The lowest BCUT2D eigenvalue weighted by molar-refractivity contribution is -0.121. The molecule has 98 valence electrons. The molecule has 1 aromatic carbocycles. The summed E-state index contributed by atoms with van der Waals surface area (Å²) in [4.78, 5) is 11.9. The maximum Gasteiger partial charge on any atom is 0.224 e. The van der Waals surface area contributed by atoms with Crippen LogP contribution in [-0.2, 0) is 11.2 Å². The number of amides is 1. The van der Waals surface area contributed by atoms with Crippen molar-refractivity contribution in [2.24, 2.45) is 11.1 Å². The van der Waals surface area contributed by atoms with Crippen LogP contribution in [0.25, 0.3) is 0 Å². The third kappa shape index (κ3) is 2.91. The first kappa shape index (κ1) is 13.1. The fourth-order valence-corrected chi connectivity index (χ4v) is 2.46. The molecule has 0 spiro atoms. The van der Waals surface area contributed by atoms with Crippen molar-refractivity contribution < 1.29 is 4.79 Å². The third-order valence-corrected chi connectivity index (χ3v) is 4.12. The first-order valence-corrected chi connectivity index (χ1v) is 6.66. The Bertz CT molecular complexity index is 419. The van der Waals surface area contributed by atoms with Gasteiger partial charge in [0.2, 0.25) is 5.91 Å². The van der Waals surface area contributed by atoms with Gasteiger partial charge in [0.25, 0.3) is 0 Å². The van der Waals surface area contributed by atoms with Crippen LogP contribution in [0.2, 0.25) is 0 Å². The smallest absolute Gasteiger partial charge is 0.224 e. The lowest BCUT2D eigenvalue weighted by Gasteiger charge is -2.41. The summed E-state index contributed by atoms with van der Waals surface area (Å²) in [6.45, 7) is 3.45. The van der Waals surface area contributed by atoms with Crippen molar-refractivity contribution in [3.63, 3.8) is 0 Å². The molecule has 1 aromatic rings. The maximum absolute atomic E-state index is 11.9. The molecule has 0 aromatic heterocycles. The van der Waals surface area contributed by atoms with Crippen LogP contribution in [0, 0.1) is 12.3 Å². The number of nitrogens with one attached hydrogen (secondary N) is 1. The summed E-state index contributed by atoms with van der Waals surface area (Å²) in [5.74, 6) is 0.101. The SMILES string of the molecule is Cc1ccccc1CC(=O)NCC1(CN)CCC1. The second-order valence-electron chi connectivity index (χ2n) is 5.44. The summed E-state index contributed by atoms with van der Waals surface area (Å²) in [6.07, 6.45) is 4.00. The van der Waals surface area contributed by atoms with Crippen molar-refractivity contribution in [3.8, 4) is 0 Å². The number of carbonyl (C=O) groups excluding carboxylic acids is 1. The predicted octanol–water partition coefficient (Wildman–Crippen LogP) is 1.78. The number of benzene rings is 1. The fraction of sp³-hybridized carbons (Fsp3) is 0.533. The van der Waals surface area contributed by atoms with Crippen molar-refractivity contribution in [3.05, 3.63) is 35.4 Å². The van der Waals surface area contributed by atoms with E-state index in [1.54, 1.807) is 0 Å². The van der Waals surface area contributed by atoms with Crippen molar-refractivity contribution in [2.75, 3.05) is 13.1 Å². The van der Waals surface area contributed by atoms with Crippen LogP contribution in [0.3, 0.4) is 0 Å². The Kier molecular flexibility index (Phi) is 4.02. The average molecular weight is 246 g/mol. The van der Waals surface area contributed by atoms with E-state index in [-0.39, 0.29) is 11.3 Å². The number of hydrogen-bond donors (Lipinski definition) is 2. The van der Waals surface area contributed by atoms with E-state index in [4.69, 9.17) is 5.73 Å². The summed E-state index contributed by atoms with van der Waals surface area (Å²) >= 11 is 0. The molecule has 1 aliphatic carbocycles. The second-order valence-corrected chi connectivity index (χ2v) is 5.44. The van der Waals surface area contributed by atoms with Crippen LogP contribution in [0.1, 0.15) is 30.4 Å². The van der Waals surface area contributed by atoms with Crippen molar-refractivity contribution in [1.82, 2.24) is 5.32 Å². The van der Waals surface area contributed by atoms with E-state index < -0.39 is 0 Å². The molecule has 3 N–H and O–H groups in total. The monoisotopic (exact) mass is 246 g/mol. The molecular formula is C15H22N2O. The number of nitrogens with two attached hydrogens (primary N) is 1. The molecule has 0 unspecified atom stereocenters. The number of hydrogen-bond acceptors (Lipinski definition) is 2. The van der Waals surface area contributed by atoms with E-state index in [0.717, 1.165) is 24.9 Å². The highest BCUT2D eigenvalue weighted by molar-refractivity contribution is 5.78. The van der Waals surface area contributed by atoms with E-state index >= 15 is 0 Å². The summed E-state index contributed by atoms with van der Waals surface area (Å²) < 4.78 is 0. The molecule has 1 amide bonds. The molecule has 3 nitrogen and oxygen atoms in total. The number of rotatable bonds is 5. The molecule has 1 saturated carbocycles. The van der Waals surface area contributed by atoms with Crippen molar-refractivity contribution in [1.29, 1.82) is 0 Å². The van der Waals surface area contributed by atoms with Gasteiger partial charge in [-0.1, -0.05) is 30.7 Å². The first-order valence-electron chi connectivity index (χ1n) is 6.66. The van der Waals surface area contributed by atoms with E-state index in [1.807, 2.05) is 31.2 Å². The van der Waals surface area contributed by atoms with Gasteiger partial charge < -0.3 is 11.1 Å². The normalized spacial score (nSPS) is 17.0. The Morgan fingerprint density at radius 1 is 1.39 bits per heavy atom. The van der Waals surface area contributed by atoms with Gasteiger partial charge in [-0.3, -0.25) is 4.79 Å². The van der Waals surface area contributed by atoms with Gasteiger partial charge in [0.05, 0.1) is 6.42 Å². The molecule has 0 atom stereocenters. The standard InChI is InChI=1S/C15H22N2O/c1-12-5-2-3-6-13(12)9-14(18)17-11-15(10-16)7-4-8-15/h2-3,5-6H,4,7-11,16H2,1H3,(H,17,18). The minimum absolute atomic E-state index is 0.101. The minimum Gasteiger partial charge on any atom is -0.355 e. The zero-order valence-electron chi connectivity index (χ0n) is 11.0. The molecule has 3 heteroatoms. The molecule has 0 radical (unpaired) electrons. The highest BCUT2D eigenvalue weighted by atomic mass is 16.1. The van der Waals surface area contributed by atoms with E-state index in [1.165, 1.54) is 12.0 Å². The topological polar surface area (TPSA) is 55.1 Å². The maximum atomic E-state index is 11.9. The molecule has 2 rings (SSSR count). The van der Waals surface area contributed by atoms with Crippen LogP contribution in [-0.4, -0.2) is 19.0 Å². The number of carbonyl (C=O) groups is 1. The number of aryl methyl sites for hydroxylation is 1. The molecule has 1 fully saturated rings. The van der Waals surface area contributed by atoms with Gasteiger partial charge in [-0.15, -0.1) is 0 Å². The molecule has 1 aliphatic rings. The van der Waals surface area contributed by atoms with Crippen molar-refractivity contribution >= 4 is 5.91 Å². The average Bonchev–Trinajstić information content (AvgIpc) is 2.31. The van der Waals surface area contributed by atoms with Gasteiger partial charge in [-0.05, 0) is 42.9 Å². The van der Waals surface area contributed by atoms with Gasteiger partial charge >= 0.3 is 0 Å². The molecular weight excluding hydrogens is 224 g/mol. The van der Waals surface area contributed by atoms with Gasteiger partial charge in [0.15, 0.2) is 0 Å². The Labute approximate surface area is 109 Å². The second kappa shape index (κ2) is 5.53. The van der Waals surface area contributed by atoms with E-state index in [2.05, 4.69) is 5.32 Å². The summed E-state index contributed by atoms with van der Waals surface area (Å²) in [5, 5.41) is 3.03. The predicted molar refractivity (Wildman–Crippen MR) is 73.2 cm³/mol. The van der Waals surface area contributed by atoms with E-state index in [9.17, 15) is 4.79 Å². The lowest BCUT2D eigenvalue weighted by Crippen LogP contribution is -2.47. The highest BCUT2D eigenvalue weighted by Crippen LogP contribution is 2.39. The van der Waals surface area contributed by atoms with Crippen LogP contribution in [0.15, 0.2) is 24.3 Å². The largest absolute Gasteiger partial charge is 0.355 e.